The Kier molecular flexibility index (Phi) is 15.2. The Hall–Kier alpha value is -0.270. The molecule has 4 atom stereocenters. The Morgan fingerprint density at radius 3 is 1.86 bits per heavy atom. The summed E-state index contributed by atoms with van der Waals surface area (Å²) < 4.78 is 10.8. The lowest BCUT2D eigenvalue weighted by Gasteiger charge is -2.34. The van der Waals surface area contributed by atoms with Gasteiger partial charge in [0.1, 0.15) is 31.0 Å². The Morgan fingerprint density at radius 2 is 1.32 bits per heavy atom. The molecule has 1 saturated heterocycles. The van der Waals surface area contributed by atoms with Crippen LogP contribution >= 0.6 is 12.2 Å². The number of hydrogen-bond donors (Lipinski definition) is 3. The molecule has 3 N–H and O–H groups in total. The van der Waals surface area contributed by atoms with E-state index in [-0.39, 0.29) is 13.2 Å². The lowest BCUT2D eigenvalue weighted by Crippen LogP contribution is -2.54. The minimum absolute atomic E-state index is 0.00211. The van der Waals surface area contributed by atoms with Crippen LogP contribution in [-0.4, -0.2) is 58.0 Å². The molecule has 1 fully saturated rings. The summed E-state index contributed by atoms with van der Waals surface area (Å²) in [6.45, 7) is 2.37. The van der Waals surface area contributed by atoms with Crippen molar-refractivity contribution in [2.24, 2.45) is 0 Å². The molecular weight excluding hydrogens is 376 g/mol. The molecule has 0 aromatic heterocycles. The summed E-state index contributed by atoms with van der Waals surface area (Å²) in [4.78, 5) is 0. The van der Waals surface area contributed by atoms with Crippen molar-refractivity contribution in [2.45, 2.75) is 121 Å². The lowest BCUT2D eigenvalue weighted by atomic mass is 10.0. The van der Waals surface area contributed by atoms with Crippen LogP contribution in [0.2, 0.25) is 0 Å². The molecule has 1 rings (SSSR count). The lowest BCUT2D eigenvalue weighted by molar-refractivity contribution is -0.193. The Morgan fingerprint density at radius 1 is 0.821 bits per heavy atom. The highest BCUT2D eigenvalue weighted by molar-refractivity contribution is 7.80. The molecule has 1 heterocycles. The van der Waals surface area contributed by atoms with Crippen molar-refractivity contribution in [3.63, 3.8) is 0 Å². The van der Waals surface area contributed by atoms with Crippen molar-refractivity contribution >= 4 is 17.3 Å². The molecule has 1 aliphatic heterocycles. The van der Waals surface area contributed by atoms with Crippen LogP contribution in [0.1, 0.15) is 96.8 Å². The van der Waals surface area contributed by atoms with Crippen molar-refractivity contribution in [3.05, 3.63) is 0 Å². The van der Waals surface area contributed by atoms with Gasteiger partial charge in [0, 0.05) is 6.42 Å². The van der Waals surface area contributed by atoms with E-state index in [1.807, 2.05) is 0 Å². The van der Waals surface area contributed by atoms with Gasteiger partial charge in [-0.1, -0.05) is 84.0 Å². The molecule has 1 aliphatic rings. The fourth-order valence-corrected chi connectivity index (χ4v) is 3.76. The number of rotatable bonds is 16. The van der Waals surface area contributed by atoms with Gasteiger partial charge >= 0.3 is 0 Å². The maximum Gasteiger partial charge on any atom is 0.159 e. The van der Waals surface area contributed by atoms with E-state index in [2.05, 4.69) is 6.92 Å². The first-order valence-electron chi connectivity index (χ1n) is 11.4. The number of hydrogen-bond acceptors (Lipinski definition) is 6. The second kappa shape index (κ2) is 16.5. The predicted molar refractivity (Wildman–Crippen MR) is 117 cm³/mol. The van der Waals surface area contributed by atoms with E-state index in [9.17, 15) is 15.3 Å². The summed E-state index contributed by atoms with van der Waals surface area (Å²) in [6, 6.07) is 0. The molecule has 166 valence electrons. The van der Waals surface area contributed by atoms with Crippen molar-refractivity contribution in [2.75, 3.05) is 13.2 Å². The fraction of sp³-hybridized carbons (Fsp3) is 0.955. The fourth-order valence-electron chi connectivity index (χ4n) is 3.55. The Bertz CT molecular complexity index is 393. The van der Waals surface area contributed by atoms with Crippen molar-refractivity contribution in [1.29, 1.82) is 0 Å². The standard InChI is InChI=1S/C22H42O5S/c1-2-3-4-5-6-7-8-9-10-11-12-13-14-15-20(28)27-17-19-22(25)21(24)18(23)16-26-19/h18-19,21-25H,2-17H2,1H3/t18-,19+,21+,22+/m1/s1. The first-order chi connectivity index (χ1) is 13.6. The average molecular weight is 419 g/mol. The highest BCUT2D eigenvalue weighted by Crippen LogP contribution is 2.17. The van der Waals surface area contributed by atoms with Crippen LogP contribution in [0.5, 0.6) is 0 Å². The molecule has 5 nitrogen and oxygen atoms in total. The normalized spacial score (nSPS) is 25.0. The third-order valence-electron chi connectivity index (χ3n) is 5.50. The number of thiocarbonyl (C=S) groups is 1. The van der Waals surface area contributed by atoms with Gasteiger partial charge in [-0.05, 0) is 18.6 Å². The highest BCUT2D eigenvalue weighted by atomic mass is 32.1. The zero-order valence-corrected chi connectivity index (χ0v) is 18.5. The van der Waals surface area contributed by atoms with Crippen LogP contribution in [0.3, 0.4) is 0 Å². The molecule has 0 radical (unpaired) electrons. The van der Waals surface area contributed by atoms with Gasteiger partial charge in [0.05, 0.1) is 6.61 Å². The van der Waals surface area contributed by atoms with E-state index in [1.165, 1.54) is 70.6 Å². The van der Waals surface area contributed by atoms with Crippen LogP contribution in [0.25, 0.3) is 0 Å². The van der Waals surface area contributed by atoms with Gasteiger partial charge in [-0.2, -0.15) is 0 Å². The minimum Gasteiger partial charge on any atom is -0.484 e. The zero-order valence-electron chi connectivity index (χ0n) is 17.7. The van der Waals surface area contributed by atoms with Gasteiger partial charge < -0.3 is 24.8 Å². The molecule has 0 aromatic rings. The van der Waals surface area contributed by atoms with Gasteiger partial charge in [0.25, 0.3) is 0 Å². The quantitative estimate of drug-likeness (QED) is 0.256. The van der Waals surface area contributed by atoms with Gasteiger partial charge in [0.2, 0.25) is 0 Å². The molecule has 0 unspecified atom stereocenters. The molecule has 0 bridgehead atoms. The largest absolute Gasteiger partial charge is 0.484 e. The zero-order chi connectivity index (χ0) is 20.6. The third-order valence-corrected chi connectivity index (χ3v) is 5.82. The van der Waals surface area contributed by atoms with E-state index in [0.29, 0.717) is 5.05 Å². The van der Waals surface area contributed by atoms with Gasteiger partial charge in [-0.25, -0.2) is 0 Å². The summed E-state index contributed by atoms with van der Waals surface area (Å²) in [7, 11) is 0. The molecule has 0 aliphatic carbocycles. The number of ether oxygens (including phenoxy) is 2. The first kappa shape index (κ1) is 25.8. The van der Waals surface area contributed by atoms with Crippen LogP contribution in [0.15, 0.2) is 0 Å². The summed E-state index contributed by atoms with van der Waals surface area (Å²) in [5, 5.41) is 29.5. The summed E-state index contributed by atoms with van der Waals surface area (Å²) in [6.07, 6.45) is 13.8. The smallest absolute Gasteiger partial charge is 0.159 e. The summed E-state index contributed by atoms with van der Waals surface area (Å²) >= 11 is 5.23. The molecule has 0 spiro atoms. The SMILES string of the molecule is CCCCCCCCCCCCCCCC(=S)OC[C@@H]1OC[C@@H](O)[C@H](O)[C@H]1O. The first-order valence-corrected chi connectivity index (χ1v) is 11.8. The molecule has 6 heteroatoms. The Balaban J connectivity index is 1.88. The number of unbranched alkanes of at least 4 members (excludes halogenated alkanes) is 12. The van der Waals surface area contributed by atoms with Crippen LogP contribution in [0, 0.1) is 0 Å². The van der Waals surface area contributed by atoms with Crippen molar-refractivity contribution in [3.8, 4) is 0 Å². The molecule has 0 amide bonds. The highest BCUT2D eigenvalue weighted by Gasteiger charge is 2.37. The van der Waals surface area contributed by atoms with Gasteiger partial charge in [-0.3, -0.25) is 0 Å². The van der Waals surface area contributed by atoms with E-state index >= 15 is 0 Å². The van der Waals surface area contributed by atoms with Crippen molar-refractivity contribution in [1.82, 2.24) is 0 Å². The van der Waals surface area contributed by atoms with Gasteiger partial charge in [-0.15, -0.1) is 0 Å². The van der Waals surface area contributed by atoms with E-state index in [4.69, 9.17) is 21.7 Å². The summed E-state index contributed by atoms with van der Waals surface area (Å²) in [5.41, 5.74) is 0. The molecule has 0 aromatic carbocycles. The van der Waals surface area contributed by atoms with Crippen LogP contribution in [0.4, 0.5) is 0 Å². The number of aliphatic hydroxyl groups excluding tert-OH is 3. The number of aliphatic hydroxyl groups is 3. The minimum atomic E-state index is -1.20. The maximum atomic E-state index is 9.86. The van der Waals surface area contributed by atoms with Crippen LogP contribution < -0.4 is 0 Å². The van der Waals surface area contributed by atoms with Crippen molar-refractivity contribution < 1.29 is 24.8 Å². The molecular formula is C22H42O5S. The molecule has 0 saturated carbocycles. The molecule has 28 heavy (non-hydrogen) atoms. The predicted octanol–water partition coefficient (Wildman–Crippen LogP) is 4.29. The topological polar surface area (TPSA) is 79.2 Å². The third kappa shape index (κ3) is 11.7. The van der Waals surface area contributed by atoms with E-state index in [0.717, 1.165) is 19.3 Å². The van der Waals surface area contributed by atoms with E-state index in [1.54, 1.807) is 0 Å². The van der Waals surface area contributed by atoms with Gasteiger partial charge in [0.15, 0.2) is 5.05 Å². The second-order valence-electron chi connectivity index (χ2n) is 8.10. The summed E-state index contributed by atoms with van der Waals surface area (Å²) in [5.74, 6) is 0. The van der Waals surface area contributed by atoms with Crippen LogP contribution in [-0.2, 0) is 9.47 Å². The second-order valence-corrected chi connectivity index (χ2v) is 8.55. The Labute approximate surface area is 176 Å². The van der Waals surface area contributed by atoms with E-state index < -0.39 is 24.4 Å². The maximum absolute atomic E-state index is 9.86. The monoisotopic (exact) mass is 418 g/mol. The average Bonchev–Trinajstić information content (AvgIpc) is 2.69.